The van der Waals surface area contributed by atoms with Crippen molar-refractivity contribution in [3.8, 4) is 0 Å². The molecule has 0 spiro atoms. The number of carbonyl (C=O) groups excluding carboxylic acids is 1. The van der Waals surface area contributed by atoms with Gasteiger partial charge in [-0.25, -0.2) is 9.97 Å². The van der Waals surface area contributed by atoms with Crippen LogP contribution in [-0.4, -0.2) is 39.1 Å². The van der Waals surface area contributed by atoms with E-state index in [2.05, 4.69) is 14.9 Å². The Balaban J connectivity index is 1.46. The van der Waals surface area contributed by atoms with E-state index in [9.17, 15) is 4.79 Å². The first-order valence-corrected chi connectivity index (χ1v) is 9.93. The van der Waals surface area contributed by atoms with E-state index in [1.54, 1.807) is 18.1 Å². The number of amides is 1. The lowest BCUT2D eigenvalue weighted by Crippen LogP contribution is -2.50. The summed E-state index contributed by atoms with van der Waals surface area (Å²) in [6, 6.07) is 8.48. The molecule has 5 heteroatoms. The van der Waals surface area contributed by atoms with E-state index in [4.69, 9.17) is 0 Å². The number of benzene rings is 1. The van der Waals surface area contributed by atoms with Crippen LogP contribution in [0.5, 0.6) is 0 Å². The Morgan fingerprint density at radius 3 is 2.92 bits per heavy atom. The largest absolute Gasteiger partial charge is 0.339 e. The lowest BCUT2D eigenvalue weighted by atomic mass is 9.78. The first kappa shape index (κ1) is 15.9. The van der Waals surface area contributed by atoms with E-state index in [1.807, 2.05) is 24.3 Å². The molecule has 1 saturated heterocycles. The molecule has 0 radical (unpaired) electrons. The van der Waals surface area contributed by atoms with Crippen LogP contribution in [0.15, 0.2) is 35.6 Å². The highest BCUT2D eigenvalue weighted by Crippen LogP contribution is 2.36. The van der Waals surface area contributed by atoms with E-state index >= 15 is 0 Å². The van der Waals surface area contributed by atoms with Gasteiger partial charge in [0.05, 0.1) is 11.3 Å². The number of thioether (sulfide) groups is 1. The van der Waals surface area contributed by atoms with Gasteiger partial charge in [0.1, 0.15) is 11.4 Å². The Morgan fingerprint density at radius 2 is 1.96 bits per heavy atom. The summed E-state index contributed by atoms with van der Waals surface area (Å²) < 4.78 is 0. The molecule has 0 bridgehead atoms. The lowest BCUT2D eigenvalue weighted by molar-refractivity contribution is -0.134. The highest BCUT2D eigenvalue weighted by atomic mass is 32.2. The zero-order chi connectivity index (χ0) is 16.4. The van der Waals surface area contributed by atoms with Crippen molar-refractivity contribution in [2.45, 2.75) is 49.6 Å². The quantitative estimate of drug-likeness (QED) is 0.627. The minimum Gasteiger partial charge on any atom is -0.339 e. The average molecular weight is 341 g/mol. The number of likely N-dealkylation sites (tertiary alicyclic amines) is 1. The number of carbonyl (C=O) groups is 1. The number of hydrogen-bond donors (Lipinski definition) is 0. The number of aromatic nitrogens is 2. The van der Waals surface area contributed by atoms with E-state index < -0.39 is 0 Å². The monoisotopic (exact) mass is 341 g/mol. The first-order chi connectivity index (χ1) is 11.8. The van der Waals surface area contributed by atoms with Crippen molar-refractivity contribution in [3.05, 3.63) is 30.6 Å². The number of hydrogen-bond acceptors (Lipinski definition) is 4. The van der Waals surface area contributed by atoms with E-state index in [-0.39, 0.29) is 5.91 Å². The van der Waals surface area contributed by atoms with Gasteiger partial charge in [0, 0.05) is 18.0 Å². The molecule has 2 atom stereocenters. The Hall–Kier alpha value is -1.62. The van der Waals surface area contributed by atoms with Gasteiger partial charge in [-0.1, -0.05) is 42.8 Å². The van der Waals surface area contributed by atoms with Crippen LogP contribution in [0.1, 0.15) is 38.5 Å². The van der Waals surface area contributed by atoms with Gasteiger partial charge < -0.3 is 4.90 Å². The first-order valence-electron chi connectivity index (χ1n) is 8.95. The molecule has 4 nitrogen and oxygen atoms in total. The van der Waals surface area contributed by atoms with Gasteiger partial charge in [-0.15, -0.1) is 0 Å². The number of piperidine rings is 1. The number of para-hydroxylation sites is 1. The Morgan fingerprint density at radius 1 is 1.12 bits per heavy atom. The van der Waals surface area contributed by atoms with Crippen molar-refractivity contribution in [2.24, 2.45) is 5.92 Å². The summed E-state index contributed by atoms with van der Waals surface area (Å²) in [5, 5.41) is 1.94. The number of nitrogens with zero attached hydrogens (tertiary/aromatic N) is 3. The maximum atomic E-state index is 12.8. The SMILES string of the molecule is O=C(CSc1ncnc2ccccc12)N1CCC[C@H]2CCCC[C@@H]21. The lowest BCUT2D eigenvalue weighted by Gasteiger charge is -2.44. The molecule has 2 fully saturated rings. The second-order valence-corrected chi connectivity index (χ2v) is 7.79. The van der Waals surface area contributed by atoms with Crippen LogP contribution in [0.3, 0.4) is 0 Å². The Kier molecular flexibility index (Phi) is 4.69. The molecule has 0 N–H and O–H groups in total. The predicted molar refractivity (Wildman–Crippen MR) is 97.0 cm³/mol. The molecule has 1 aliphatic carbocycles. The van der Waals surface area contributed by atoms with Crippen LogP contribution in [0.25, 0.3) is 10.9 Å². The summed E-state index contributed by atoms with van der Waals surface area (Å²) in [5.41, 5.74) is 0.938. The summed E-state index contributed by atoms with van der Waals surface area (Å²) in [6.07, 6.45) is 9.16. The molecule has 1 saturated carbocycles. The molecule has 2 aromatic rings. The third kappa shape index (κ3) is 3.14. The van der Waals surface area contributed by atoms with Gasteiger partial charge in [-0.3, -0.25) is 4.79 Å². The second kappa shape index (κ2) is 7.09. The van der Waals surface area contributed by atoms with Crippen LogP contribution in [0.2, 0.25) is 0 Å². The standard InChI is InChI=1S/C19H23N3OS/c23-18(22-11-5-7-14-6-1-4-10-17(14)22)12-24-19-15-8-2-3-9-16(15)20-13-21-19/h2-3,8-9,13-14,17H,1,4-7,10-12H2/t14-,17+/m1/s1. The van der Waals surface area contributed by atoms with Crippen molar-refractivity contribution in [1.82, 2.24) is 14.9 Å². The van der Waals surface area contributed by atoms with Crippen molar-refractivity contribution in [2.75, 3.05) is 12.3 Å². The molecule has 2 aliphatic rings. The maximum absolute atomic E-state index is 12.8. The molecule has 1 amide bonds. The van der Waals surface area contributed by atoms with Crippen molar-refractivity contribution in [1.29, 1.82) is 0 Å². The fourth-order valence-corrected chi connectivity index (χ4v) is 5.12. The van der Waals surface area contributed by atoms with E-state index in [0.717, 1.165) is 34.8 Å². The van der Waals surface area contributed by atoms with Gasteiger partial charge >= 0.3 is 0 Å². The highest BCUT2D eigenvalue weighted by Gasteiger charge is 2.35. The molecule has 4 rings (SSSR count). The Bertz CT molecular complexity index is 728. The van der Waals surface area contributed by atoms with Crippen molar-refractivity contribution < 1.29 is 4.79 Å². The van der Waals surface area contributed by atoms with Gasteiger partial charge in [0.25, 0.3) is 0 Å². The van der Waals surface area contributed by atoms with Crippen LogP contribution in [0, 0.1) is 5.92 Å². The average Bonchev–Trinajstić information content (AvgIpc) is 2.65. The molecule has 24 heavy (non-hydrogen) atoms. The second-order valence-electron chi connectivity index (χ2n) is 6.83. The van der Waals surface area contributed by atoms with Gasteiger partial charge in [0.15, 0.2) is 0 Å². The van der Waals surface area contributed by atoms with Crippen LogP contribution in [-0.2, 0) is 4.79 Å². The zero-order valence-corrected chi connectivity index (χ0v) is 14.7. The fourth-order valence-electron chi connectivity index (χ4n) is 4.24. The molecule has 1 aromatic carbocycles. The van der Waals surface area contributed by atoms with Gasteiger partial charge in [0.2, 0.25) is 5.91 Å². The molecule has 126 valence electrons. The fraction of sp³-hybridized carbons (Fsp3) is 0.526. The summed E-state index contributed by atoms with van der Waals surface area (Å²) in [4.78, 5) is 23.7. The molecule has 0 unspecified atom stereocenters. The zero-order valence-electron chi connectivity index (χ0n) is 13.9. The summed E-state index contributed by atoms with van der Waals surface area (Å²) in [7, 11) is 0. The number of rotatable bonds is 3. The van der Waals surface area contributed by atoms with Crippen LogP contribution >= 0.6 is 11.8 Å². The molecular weight excluding hydrogens is 318 g/mol. The third-order valence-corrected chi connectivity index (χ3v) is 6.39. The Labute approximate surface area is 147 Å². The van der Waals surface area contributed by atoms with Crippen LogP contribution in [0.4, 0.5) is 0 Å². The van der Waals surface area contributed by atoms with Gasteiger partial charge in [-0.05, 0) is 37.7 Å². The third-order valence-electron chi connectivity index (χ3n) is 5.40. The van der Waals surface area contributed by atoms with Gasteiger partial charge in [-0.2, -0.15) is 0 Å². The normalized spacial score (nSPS) is 23.9. The molecule has 1 aromatic heterocycles. The minimum atomic E-state index is 0.277. The highest BCUT2D eigenvalue weighted by molar-refractivity contribution is 8.00. The van der Waals surface area contributed by atoms with Crippen molar-refractivity contribution >= 4 is 28.6 Å². The molecular formula is C19H23N3OS. The predicted octanol–water partition coefficient (Wildman–Crippen LogP) is 3.90. The summed E-state index contributed by atoms with van der Waals surface area (Å²) in [5.74, 6) is 1.49. The maximum Gasteiger partial charge on any atom is 0.233 e. The topological polar surface area (TPSA) is 46.1 Å². The summed E-state index contributed by atoms with van der Waals surface area (Å²) in [6.45, 7) is 0.936. The minimum absolute atomic E-state index is 0.277. The summed E-state index contributed by atoms with van der Waals surface area (Å²) >= 11 is 1.55. The smallest absolute Gasteiger partial charge is 0.233 e. The molecule has 2 heterocycles. The number of fused-ring (bicyclic) bond motifs is 2. The van der Waals surface area contributed by atoms with Crippen LogP contribution < -0.4 is 0 Å². The molecule has 1 aliphatic heterocycles. The van der Waals surface area contributed by atoms with E-state index in [1.165, 1.54) is 32.1 Å². The van der Waals surface area contributed by atoms with Crippen molar-refractivity contribution in [3.63, 3.8) is 0 Å². The van der Waals surface area contributed by atoms with E-state index in [0.29, 0.717) is 11.8 Å².